The molecular weight excluding hydrogens is 428 g/mol. The van der Waals surface area contributed by atoms with Gasteiger partial charge in [-0.1, -0.05) is 12.1 Å². The van der Waals surface area contributed by atoms with Crippen molar-refractivity contribution in [3.63, 3.8) is 0 Å². The lowest BCUT2D eigenvalue weighted by Crippen LogP contribution is -2.27. The molecule has 1 N–H and O–H groups in total. The molecule has 162 valence electrons. The fourth-order valence-electron chi connectivity index (χ4n) is 3.70. The summed E-state index contributed by atoms with van der Waals surface area (Å²) >= 11 is 1.56. The van der Waals surface area contributed by atoms with Crippen LogP contribution in [0.5, 0.6) is 17.2 Å². The van der Waals surface area contributed by atoms with Gasteiger partial charge in [-0.25, -0.2) is 0 Å². The third-order valence-electron chi connectivity index (χ3n) is 5.28. The minimum absolute atomic E-state index is 0.0416. The molecule has 0 aromatic heterocycles. The van der Waals surface area contributed by atoms with Crippen molar-refractivity contribution in [2.24, 2.45) is 0 Å². The van der Waals surface area contributed by atoms with Gasteiger partial charge in [0.05, 0.1) is 12.9 Å². The molecule has 0 aliphatic carbocycles. The van der Waals surface area contributed by atoms with Crippen molar-refractivity contribution < 1.29 is 23.8 Å². The number of benzene rings is 3. The van der Waals surface area contributed by atoms with E-state index in [0.29, 0.717) is 28.5 Å². The third-order valence-corrected chi connectivity index (χ3v) is 6.50. The quantitative estimate of drug-likeness (QED) is 0.621. The molecule has 1 saturated heterocycles. The lowest BCUT2D eigenvalue weighted by molar-refractivity contribution is -0.115. The van der Waals surface area contributed by atoms with Crippen molar-refractivity contribution in [1.29, 1.82) is 0 Å². The predicted octanol–water partition coefficient (Wildman–Crippen LogP) is 4.45. The van der Waals surface area contributed by atoms with Crippen LogP contribution in [0.1, 0.15) is 21.3 Å². The molecule has 7 nitrogen and oxygen atoms in total. The van der Waals surface area contributed by atoms with Crippen LogP contribution in [0.25, 0.3) is 0 Å². The van der Waals surface area contributed by atoms with Crippen LogP contribution in [0.3, 0.4) is 0 Å². The summed E-state index contributed by atoms with van der Waals surface area (Å²) in [6.07, 6.45) is 0. The first-order chi connectivity index (χ1) is 15.6. The largest absolute Gasteiger partial charge is 0.497 e. The Morgan fingerprint density at radius 2 is 1.88 bits per heavy atom. The third kappa shape index (κ3) is 3.85. The van der Waals surface area contributed by atoms with E-state index in [1.807, 2.05) is 48.5 Å². The number of carbonyl (C=O) groups is 2. The Morgan fingerprint density at radius 1 is 1.06 bits per heavy atom. The standard InChI is InChI=1S/C24H20N2O5S/c1-29-19-8-6-18(7-9-19)26-22(27)13-32-24(26)16-3-2-4-17(11-16)25-23(28)15-5-10-20-21(12-15)31-14-30-20/h2-12,24H,13-14H2,1H3,(H,25,28)/t24-/m1/s1. The number of nitrogens with zero attached hydrogens (tertiary/aromatic N) is 1. The first-order valence-electron chi connectivity index (χ1n) is 10.0. The number of ether oxygens (including phenoxy) is 3. The monoisotopic (exact) mass is 448 g/mol. The molecule has 1 atom stereocenters. The summed E-state index contributed by atoms with van der Waals surface area (Å²) in [5.41, 5.74) is 2.87. The average Bonchev–Trinajstić information content (AvgIpc) is 3.45. The number of hydrogen-bond acceptors (Lipinski definition) is 6. The van der Waals surface area contributed by atoms with Crippen molar-refractivity contribution in [2.75, 3.05) is 29.9 Å². The van der Waals surface area contributed by atoms with Gasteiger partial charge in [0, 0.05) is 16.9 Å². The van der Waals surface area contributed by atoms with E-state index in [1.54, 1.807) is 42.0 Å². The average molecular weight is 449 g/mol. The van der Waals surface area contributed by atoms with Crippen LogP contribution in [-0.2, 0) is 4.79 Å². The first kappa shape index (κ1) is 20.3. The van der Waals surface area contributed by atoms with Gasteiger partial charge in [0.2, 0.25) is 12.7 Å². The van der Waals surface area contributed by atoms with Crippen LogP contribution in [0, 0.1) is 0 Å². The Labute approximate surface area is 189 Å². The summed E-state index contributed by atoms with van der Waals surface area (Å²) in [5.74, 6) is 2.11. The maximum absolute atomic E-state index is 12.8. The zero-order chi connectivity index (χ0) is 22.1. The van der Waals surface area contributed by atoms with Crippen molar-refractivity contribution >= 4 is 35.0 Å². The second-order valence-corrected chi connectivity index (χ2v) is 8.34. The van der Waals surface area contributed by atoms with Gasteiger partial charge < -0.3 is 19.5 Å². The molecule has 32 heavy (non-hydrogen) atoms. The Morgan fingerprint density at radius 3 is 2.69 bits per heavy atom. The molecule has 0 radical (unpaired) electrons. The van der Waals surface area contributed by atoms with E-state index < -0.39 is 0 Å². The van der Waals surface area contributed by atoms with Gasteiger partial charge in [-0.2, -0.15) is 0 Å². The van der Waals surface area contributed by atoms with Crippen molar-refractivity contribution in [3.05, 3.63) is 77.9 Å². The predicted molar refractivity (Wildman–Crippen MR) is 123 cm³/mol. The van der Waals surface area contributed by atoms with E-state index in [9.17, 15) is 9.59 Å². The zero-order valence-corrected chi connectivity index (χ0v) is 18.1. The van der Waals surface area contributed by atoms with Gasteiger partial charge in [0.15, 0.2) is 11.5 Å². The normalized spacial score (nSPS) is 16.8. The summed E-state index contributed by atoms with van der Waals surface area (Å²) in [6.45, 7) is 0.158. The number of hydrogen-bond donors (Lipinski definition) is 1. The van der Waals surface area contributed by atoms with E-state index in [4.69, 9.17) is 14.2 Å². The van der Waals surface area contributed by atoms with Crippen LogP contribution < -0.4 is 24.4 Å². The minimum atomic E-state index is -0.248. The molecule has 0 bridgehead atoms. The smallest absolute Gasteiger partial charge is 0.255 e. The lowest BCUT2D eigenvalue weighted by atomic mass is 10.1. The minimum Gasteiger partial charge on any atom is -0.497 e. The summed E-state index contributed by atoms with van der Waals surface area (Å²) in [5, 5.41) is 2.75. The Hall–Kier alpha value is -3.65. The number of thioether (sulfide) groups is 1. The first-order valence-corrected chi connectivity index (χ1v) is 11.1. The highest BCUT2D eigenvalue weighted by molar-refractivity contribution is 8.00. The fraction of sp³-hybridized carbons (Fsp3) is 0.167. The summed E-state index contributed by atoms with van der Waals surface area (Å²) in [6, 6.07) is 20.1. The molecule has 0 spiro atoms. The Balaban J connectivity index is 1.36. The van der Waals surface area contributed by atoms with E-state index in [-0.39, 0.29) is 24.0 Å². The molecule has 3 aromatic carbocycles. The van der Waals surface area contributed by atoms with Crippen LogP contribution in [0.2, 0.25) is 0 Å². The Bertz CT molecular complexity index is 1180. The summed E-state index contributed by atoms with van der Waals surface area (Å²) in [4.78, 5) is 27.2. The molecule has 0 unspecified atom stereocenters. The highest BCUT2D eigenvalue weighted by Crippen LogP contribution is 2.42. The van der Waals surface area contributed by atoms with Crippen LogP contribution >= 0.6 is 11.8 Å². The van der Waals surface area contributed by atoms with E-state index in [2.05, 4.69) is 5.32 Å². The molecule has 8 heteroatoms. The van der Waals surface area contributed by atoms with Gasteiger partial charge in [-0.05, 0) is 60.2 Å². The lowest BCUT2D eigenvalue weighted by Gasteiger charge is -2.25. The van der Waals surface area contributed by atoms with E-state index >= 15 is 0 Å². The zero-order valence-electron chi connectivity index (χ0n) is 17.2. The molecule has 3 aromatic rings. The molecule has 0 saturated carbocycles. The SMILES string of the molecule is COc1ccc(N2C(=O)CS[C@@H]2c2cccc(NC(=O)c3ccc4c(c3)OCO4)c2)cc1. The van der Waals surface area contributed by atoms with Crippen LogP contribution in [0.4, 0.5) is 11.4 Å². The maximum atomic E-state index is 12.8. The summed E-state index contributed by atoms with van der Waals surface area (Å²) < 4.78 is 15.9. The molecular formula is C24H20N2O5S. The number of anilines is 2. The second kappa shape index (κ2) is 8.47. The molecule has 5 rings (SSSR count). The molecule has 1 fully saturated rings. The van der Waals surface area contributed by atoms with E-state index in [0.717, 1.165) is 17.0 Å². The fourth-order valence-corrected chi connectivity index (χ4v) is 4.87. The number of rotatable bonds is 5. The molecule has 2 aliphatic rings. The topological polar surface area (TPSA) is 77.1 Å². The number of carbonyl (C=O) groups excluding carboxylic acids is 2. The molecule has 2 amide bonds. The van der Waals surface area contributed by atoms with E-state index in [1.165, 1.54) is 0 Å². The number of amides is 2. The van der Waals surface area contributed by atoms with Crippen LogP contribution in [0.15, 0.2) is 66.7 Å². The van der Waals surface area contributed by atoms with Gasteiger partial charge in [-0.3, -0.25) is 14.5 Å². The maximum Gasteiger partial charge on any atom is 0.255 e. The molecule has 2 aliphatic heterocycles. The summed E-state index contributed by atoms with van der Waals surface area (Å²) in [7, 11) is 1.61. The Kier molecular flexibility index (Phi) is 5.36. The van der Waals surface area contributed by atoms with Crippen molar-refractivity contribution in [3.8, 4) is 17.2 Å². The number of fused-ring (bicyclic) bond motifs is 1. The van der Waals surface area contributed by atoms with Crippen molar-refractivity contribution in [2.45, 2.75) is 5.37 Å². The highest BCUT2D eigenvalue weighted by atomic mass is 32.2. The van der Waals surface area contributed by atoms with Gasteiger partial charge in [0.1, 0.15) is 11.1 Å². The van der Waals surface area contributed by atoms with Gasteiger partial charge >= 0.3 is 0 Å². The number of nitrogens with one attached hydrogen (secondary N) is 1. The molecule has 2 heterocycles. The number of methoxy groups -OCH3 is 1. The van der Waals surface area contributed by atoms with Gasteiger partial charge in [0.25, 0.3) is 5.91 Å². The highest BCUT2D eigenvalue weighted by Gasteiger charge is 2.34. The second-order valence-electron chi connectivity index (χ2n) is 7.27. The van der Waals surface area contributed by atoms with Crippen LogP contribution in [-0.4, -0.2) is 31.5 Å². The van der Waals surface area contributed by atoms with Gasteiger partial charge in [-0.15, -0.1) is 11.8 Å². The van der Waals surface area contributed by atoms with Crippen molar-refractivity contribution in [1.82, 2.24) is 0 Å².